The molecule has 0 aliphatic heterocycles. The molecule has 1 aromatic heterocycles. The average molecular weight is 436 g/mol. The standard InChI is InChI=1S/C24H25FN4O3/c1-32-21-9-5-4-8-18(21)24(31)27-13-15-10-11-17(20(25)12-15)22-19(14-30)23(26)29(28-22)16-6-2-3-7-16/h4-5,8-12,14,16H,2-3,6-7,13,26H2,1H3,(H,27,31). The Morgan fingerprint density at radius 3 is 2.72 bits per heavy atom. The van der Waals surface area contributed by atoms with Crippen LogP contribution < -0.4 is 15.8 Å². The summed E-state index contributed by atoms with van der Waals surface area (Å²) in [6.45, 7) is 0.132. The first kappa shape index (κ1) is 21.5. The van der Waals surface area contributed by atoms with Gasteiger partial charge in [0, 0.05) is 12.1 Å². The van der Waals surface area contributed by atoms with Crippen LogP contribution in [-0.2, 0) is 6.54 Å². The number of rotatable bonds is 7. The Labute approximate surface area is 185 Å². The molecule has 32 heavy (non-hydrogen) atoms. The van der Waals surface area contributed by atoms with E-state index in [4.69, 9.17) is 10.5 Å². The number of benzene rings is 2. The lowest BCUT2D eigenvalue weighted by Gasteiger charge is -2.11. The molecule has 0 bridgehead atoms. The van der Waals surface area contributed by atoms with E-state index in [1.165, 1.54) is 13.2 Å². The average Bonchev–Trinajstić information content (AvgIpc) is 3.45. The van der Waals surface area contributed by atoms with Crippen molar-refractivity contribution < 1.29 is 18.7 Å². The van der Waals surface area contributed by atoms with E-state index in [0.717, 1.165) is 25.7 Å². The smallest absolute Gasteiger partial charge is 0.255 e. The highest BCUT2D eigenvalue weighted by Crippen LogP contribution is 2.35. The van der Waals surface area contributed by atoms with Crippen LogP contribution in [0.4, 0.5) is 10.2 Å². The van der Waals surface area contributed by atoms with Crippen molar-refractivity contribution in [3.63, 3.8) is 0 Å². The molecule has 0 radical (unpaired) electrons. The SMILES string of the molecule is COc1ccccc1C(=O)NCc1ccc(-c2nn(C3CCCC3)c(N)c2C=O)c(F)c1. The molecule has 0 saturated heterocycles. The second-order valence-corrected chi connectivity index (χ2v) is 7.85. The number of anilines is 1. The van der Waals surface area contributed by atoms with Crippen LogP contribution in [0.1, 0.15) is 58.0 Å². The molecule has 1 heterocycles. The lowest BCUT2D eigenvalue weighted by atomic mass is 10.0. The molecule has 3 N–H and O–H groups in total. The quantitative estimate of drug-likeness (QED) is 0.543. The van der Waals surface area contributed by atoms with Gasteiger partial charge in [0.15, 0.2) is 6.29 Å². The van der Waals surface area contributed by atoms with Gasteiger partial charge in [-0.1, -0.05) is 31.0 Å². The molecular formula is C24H25FN4O3. The summed E-state index contributed by atoms with van der Waals surface area (Å²) in [6.07, 6.45) is 4.68. The third-order valence-electron chi connectivity index (χ3n) is 5.87. The summed E-state index contributed by atoms with van der Waals surface area (Å²) in [7, 11) is 1.49. The van der Waals surface area contributed by atoms with Crippen LogP contribution >= 0.6 is 0 Å². The minimum Gasteiger partial charge on any atom is -0.496 e. The Morgan fingerprint density at radius 2 is 2.03 bits per heavy atom. The molecule has 1 saturated carbocycles. The van der Waals surface area contributed by atoms with E-state index in [1.807, 2.05) is 0 Å². The molecule has 2 aromatic carbocycles. The Hall–Kier alpha value is -3.68. The molecule has 0 atom stereocenters. The Balaban J connectivity index is 1.54. The van der Waals surface area contributed by atoms with Crippen molar-refractivity contribution in [3.8, 4) is 17.0 Å². The minimum absolute atomic E-state index is 0.132. The van der Waals surface area contributed by atoms with Gasteiger partial charge in [-0.15, -0.1) is 0 Å². The van der Waals surface area contributed by atoms with Crippen molar-refractivity contribution in [1.82, 2.24) is 15.1 Å². The zero-order valence-electron chi connectivity index (χ0n) is 17.8. The molecule has 1 fully saturated rings. The van der Waals surface area contributed by atoms with E-state index in [0.29, 0.717) is 23.2 Å². The van der Waals surface area contributed by atoms with Crippen LogP contribution in [0.2, 0.25) is 0 Å². The number of methoxy groups -OCH3 is 1. The second kappa shape index (κ2) is 9.21. The molecule has 1 aliphatic rings. The monoisotopic (exact) mass is 436 g/mol. The highest BCUT2D eigenvalue weighted by Gasteiger charge is 2.25. The van der Waals surface area contributed by atoms with Crippen LogP contribution in [0.25, 0.3) is 11.3 Å². The number of nitrogens with two attached hydrogens (primary N) is 1. The minimum atomic E-state index is -0.534. The van der Waals surface area contributed by atoms with Gasteiger partial charge in [-0.25, -0.2) is 9.07 Å². The van der Waals surface area contributed by atoms with Crippen molar-refractivity contribution >= 4 is 18.0 Å². The number of amides is 1. The molecule has 1 amide bonds. The van der Waals surface area contributed by atoms with Crippen LogP contribution in [-0.4, -0.2) is 29.1 Å². The van der Waals surface area contributed by atoms with Gasteiger partial charge in [0.1, 0.15) is 23.1 Å². The van der Waals surface area contributed by atoms with E-state index < -0.39 is 5.82 Å². The molecule has 1 aliphatic carbocycles. The van der Waals surface area contributed by atoms with E-state index in [1.54, 1.807) is 41.1 Å². The summed E-state index contributed by atoms with van der Waals surface area (Å²) >= 11 is 0. The molecule has 4 rings (SSSR count). The van der Waals surface area contributed by atoms with Crippen LogP contribution in [0.15, 0.2) is 42.5 Å². The maximum absolute atomic E-state index is 15.0. The van der Waals surface area contributed by atoms with Crippen LogP contribution in [0, 0.1) is 5.82 Å². The normalized spacial score (nSPS) is 13.8. The summed E-state index contributed by atoms with van der Waals surface area (Å²) in [6, 6.07) is 11.6. The van der Waals surface area contributed by atoms with Gasteiger partial charge in [-0.3, -0.25) is 9.59 Å². The third kappa shape index (κ3) is 4.08. The summed E-state index contributed by atoms with van der Waals surface area (Å²) in [5, 5.41) is 7.26. The van der Waals surface area contributed by atoms with E-state index in [-0.39, 0.29) is 41.1 Å². The number of aromatic nitrogens is 2. The van der Waals surface area contributed by atoms with Gasteiger partial charge in [0.2, 0.25) is 0 Å². The fraction of sp³-hybridized carbons (Fsp3) is 0.292. The maximum atomic E-state index is 15.0. The molecule has 0 unspecified atom stereocenters. The highest BCUT2D eigenvalue weighted by molar-refractivity contribution is 5.97. The number of hydrogen-bond donors (Lipinski definition) is 2. The Bertz CT molecular complexity index is 1150. The van der Waals surface area contributed by atoms with Gasteiger partial charge in [0.25, 0.3) is 5.91 Å². The number of halogens is 1. The van der Waals surface area contributed by atoms with Gasteiger partial charge in [-0.05, 0) is 42.7 Å². The van der Waals surface area contributed by atoms with Crippen molar-refractivity contribution in [3.05, 3.63) is 65.0 Å². The molecule has 8 heteroatoms. The lowest BCUT2D eigenvalue weighted by Crippen LogP contribution is -2.23. The number of nitrogens with zero attached hydrogens (tertiary/aromatic N) is 2. The summed E-state index contributed by atoms with van der Waals surface area (Å²) in [5.74, 6) is -0.121. The molecular weight excluding hydrogens is 411 g/mol. The van der Waals surface area contributed by atoms with Crippen LogP contribution in [0.5, 0.6) is 5.75 Å². The molecule has 3 aromatic rings. The predicted molar refractivity (Wildman–Crippen MR) is 119 cm³/mol. The Morgan fingerprint density at radius 1 is 1.28 bits per heavy atom. The van der Waals surface area contributed by atoms with Crippen molar-refractivity contribution in [2.24, 2.45) is 0 Å². The summed E-state index contributed by atoms with van der Waals surface area (Å²) < 4.78 is 21.9. The fourth-order valence-electron chi connectivity index (χ4n) is 4.17. The summed E-state index contributed by atoms with van der Waals surface area (Å²) in [4.78, 5) is 24.1. The Kier molecular flexibility index (Phi) is 6.20. The molecule has 166 valence electrons. The van der Waals surface area contributed by atoms with E-state index in [9.17, 15) is 14.0 Å². The van der Waals surface area contributed by atoms with Crippen molar-refractivity contribution in [2.75, 3.05) is 12.8 Å². The van der Waals surface area contributed by atoms with Gasteiger partial charge < -0.3 is 15.8 Å². The summed E-state index contributed by atoms with van der Waals surface area (Å²) in [5.41, 5.74) is 7.78. The zero-order chi connectivity index (χ0) is 22.7. The van der Waals surface area contributed by atoms with Crippen molar-refractivity contribution in [1.29, 1.82) is 0 Å². The molecule has 0 spiro atoms. The predicted octanol–water partition coefficient (Wildman–Crippen LogP) is 4.14. The van der Waals surface area contributed by atoms with Gasteiger partial charge in [0.05, 0.1) is 24.3 Å². The van der Waals surface area contributed by atoms with Crippen molar-refractivity contribution in [2.45, 2.75) is 38.3 Å². The first-order valence-corrected chi connectivity index (χ1v) is 10.6. The maximum Gasteiger partial charge on any atom is 0.255 e. The zero-order valence-corrected chi connectivity index (χ0v) is 17.8. The molecule has 7 nitrogen and oxygen atoms in total. The number of para-hydroxylation sites is 1. The number of hydrogen-bond acceptors (Lipinski definition) is 5. The first-order chi connectivity index (χ1) is 15.5. The second-order valence-electron chi connectivity index (χ2n) is 7.85. The van der Waals surface area contributed by atoms with Gasteiger partial charge >= 0.3 is 0 Å². The lowest BCUT2D eigenvalue weighted by molar-refractivity contribution is 0.0947. The number of nitrogens with one attached hydrogen (secondary N) is 1. The number of carbonyl (C=O) groups excluding carboxylic acids is 2. The van der Waals surface area contributed by atoms with E-state index in [2.05, 4.69) is 10.4 Å². The number of ether oxygens (including phenoxy) is 1. The number of aldehydes is 1. The van der Waals surface area contributed by atoms with Crippen LogP contribution in [0.3, 0.4) is 0 Å². The van der Waals surface area contributed by atoms with Gasteiger partial charge in [-0.2, -0.15) is 5.10 Å². The van der Waals surface area contributed by atoms with E-state index >= 15 is 0 Å². The topological polar surface area (TPSA) is 99.2 Å². The fourth-order valence-corrected chi connectivity index (χ4v) is 4.17. The number of carbonyl (C=O) groups is 2. The number of nitrogen functional groups attached to an aromatic ring is 1. The largest absolute Gasteiger partial charge is 0.496 e. The highest BCUT2D eigenvalue weighted by atomic mass is 19.1. The third-order valence-corrected chi connectivity index (χ3v) is 5.87. The first-order valence-electron chi connectivity index (χ1n) is 10.6.